The van der Waals surface area contributed by atoms with Gasteiger partial charge >= 0.3 is 0 Å². The van der Waals surface area contributed by atoms with E-state index in [-0.39, 0.29) is 16.2 Å². The molecule has 0 atom stereocenters. The maximum atomic E-state index is 2.61. The summed E-state index contributed by atoms with van der Waals surface area (Å²) in [5.74, 6) is 0. The number of aryl methyl sites for hydroxylation is 1. The number of para-hydroxylation sites is 1. The van der Waals surface area contributed by atoms with Gasteiger partial charge in [0.25, 0.3) is 0 Å². The van der Waals surface area contributed by atoms with Crippen molar-refractivity contribution in [3.8, 4) is 50.2 Å². The highest BCUT2D eigenvalue weighted by Crippen LogP contribution is 2.56. The second kappa shape index (κ2) is 18.7. The topological polar surface area (TPSA) is 8.17 Å². The third-order valence-corrected chi connectivity index (χ3v) is 18.5. The molecular weight excluding hydrogens is 917 g/mol. The minimum atomic E-state index is -0.119. The number of rotatable bonds is 15. The largest absolute Gasteiger partial charge is 0.310 e. The first-order valence-corrected chi connectivity index (χ1v) is 28.7. The van der Waals surface area contributed by atoms with Gasteiger partial charge in [0.15, 0.2) is 0 Å². The summed E-state index contributed by atoms with van der Waals surface area (Å²) in [4.78, 5) is 2.51. The number of hydrogen-bond acceptors (Lipinski definition) is 1. The van der Waals surface area contributed by atoms with Gasteiger partial charge in [0.2, 0.25) is 0 Å². The molecule has 0 N–H and O–H groups in total. The lowest BCUT2D eigenvalue weighted by Crippen LogP contribution is -2.25. The van der Waals surface area contributed by atoms with E-state index in [1.807, 2.05) is 0 Å². The number of anilines is 3. The number of unbranched alkanes of at least 4 members (excludes halogenated alkanes) is 6. The van der Waals surface area contributed by atoms with E-state index in [0.29, 0.717) is 0 Å². The predicted octanol–water partition coefficient (Wildman–Crippen LogP) is 21.0. The standard InChI is InChI=1S/C74H72N2/c1-8-10-12-22-42-74(43-23-13-11-9-2)66-30-20-16-26-58(66)61-41-36-54(48-69(61)74)76-70-31-21-17-27-62(70)63-37-32-50(45-71(63)76)55-38-33-51(44-49(55)3)75(52-34-39-59-56-24-14-18-28-64(56)72(4,5)67(59)46-52)53-35-40-60-57-25-15-19-29-65(57)73(6,7)68(60)47-53/h14-21,24-41,44-48H,8-13,22-23,42-43H2,1-7H3. The Kier molecular flexibility index (Phi) is 11.9. The average Bonchev–Trinajstić information content (AvgIpc) is 4.15. The van der Waals surface area contributed by atoms with Gasteiger partial charge in [-0.1, -0.05) is 220 Å². The molecule has 13 rings (SSSR count). The molecule has 0 saturated carbocycles. The lowest BCUT2D eigenvalue weighted by atomic mass is 9.70. The van der Waals surface area contributed by atoms with Gasteiger partial charge < -0.3 is 9.47 Å². The summed E-state index contributed by atoms with van der Waals surface area (Å²) in [6.45, 7) is 16.5. The maximum Gasteiger partial charge on any atom is 0.0547 e. The maximum absolute atomic E-state index is 2.61. The molecule has 10 aromatic rings. The van der Waals surface area contributed by atoms with Gasteiger partial charge in [-0.25, -0.2) is 0 Å². The van der Waals surface area contributed by atoms with Crippen LogP contribution in [-0.2, 0) is 16.2 Å². The van der Waals surface area contributed by atoms with E-state index in [1.54, 1.807) is 5.56 Å². The van der Waals surface area contributed by atoms with E-state index in [4.69, 9.17) is 0 Å². The number of aromatic nitrogens is 1. The zero-order chi connectivity index (χ0) is 51.9. The monoisotopic (exact) mass is 989 g/mol. The Hall–Kier alpha value is -7.42. The summed E-state index contributed by atoms with van der Waals surface area (Å²) in [6, 6.07) is 72.6. The smallest absolute Gasteiger partial charge is 0.0547 e. The average molecular weight is 989 g/mol. The van der Waals surface area contributed by atoms with Crippen LogP contribution in [0.3, 0.4) is 0 Å². The van der Waals surface area contributed by atoms with Crippen LogP contribution in [0.25, 0.3) is 72.0 Å². The molecule has 0 unspecified atom stereocenters. The van der Waals surface area contributed by atoms with Gasteiger partial charge in [-0.3, -0.25) is 0 Å². The van der Waals surface area contributed by atoms with E-state index >= 15 is 0 Å². The summed E-state index contributed by atoms with van der Waals surface area (Å²) >= 11 is 0. The van der Waals surface area contributed by atoms with Crippen LogP contribution in [-0.4, -0.2) is 4.57 Å². The SMILES string of the molecule is CCCCCCC1(CCCCCC)c2ccccc2-c2ccc(-n3c4ccccc4c4ccc(-c5ccc(N(c6ccc7c(c6)C(C)(C)c6ccccc6-7)c6ccc7c(c6)C(C)(C)c6ccccc6-7)cc5C)cc43)cc21. The van der Waals surface area contributed by atoms with Crippen molar-refractivity contribution in [2.75, 3.05) is 4.90 Å². The molecule has 3 aliphatic carbocycles. The van der Waals surface area contributed by atoms with Crippen LogP contribution in [0.1, 0.15) is 145 Å². The third-order valence-electron chi connectivity index (χ3n) is 18.5. The summed E-state index contributed by atoms with van der Waals surface area (Å²) in [5.41, 5.74) is 27.6. The molecule has 1 heterocycles. The summed E-state index contributed by atoms with van der Waals surface area (Å²) in [5, 5.41) is 2.58. The third kappa shape index (κ3) is 7.49. The summed E-state index contributed by atoms with van der Waals surface area (Å²) in [6.07, 6.45) is 12.6. The Morgan fingerprint density at radius 1 is 0.368 bits per heavy atom. The Morgan fingerprint density at radius 3 is 1.43 bits per heavy atom. The zero-order valence-electron chi connectivity index (χ0n) is 45.9. The number of benzene rings is 9. The molecule has 0 saturated heterocycles. The van der Waals surface area contributed by atoms with E-state index in [1.165, 1.54) is 181 Å². The molecule has 76 heavy (non-hydrogen) atoms. The Balaban J connectivity index is 0.931. The fourth-order valence-corrected chi connectivity index (χ4v) is 14.6. The van der Waals surface area contributed by atoms with Gasteiger partial charge in [-0.15, -0.1) is 0 Å². The van der Waals surface area contributed by atoms with E-state index < -0.39 is 0 Å². The van der Waals surface area contributed by atoms with Crippen molar-refractivity contribution >= 4 is 38.9 Å². The molecule has 1 aromatic heterocycles. The van der Waals surface area contributed by atoms with E-state index in [2.05, 4.69) is 246 Å². The fraction of sp³-hybridized carbons (Fsp3) is 0.270. The molecule has 0 amide bonds. The highest BCUT2D eigenvalue weighted by molar-refractivity contribution is 6.10. The van der Waals surface area contributed by atoms with E-state index in [0.717, 1.165) is 5.69 Å². The van der Waals surface area contributed by atoms with Crippen LogP contribution in [0.4, 0.5) is 17.1 Å². The first-order chi connectivity index (χ1) is 37.0. The van der Waals surface area contributed by atoms with Gasteiger partial charge in [0.05, 0.1) is 11.0 Å². The van der Waals surface area contributed by atoms with Crippen LogP contribution in [0.2, 0.25) is 0 Å². The summed E-state index contributed by atoms with van der Waals surface area (Å²) < 4.78 is 2.57. The normalized spacial score (nSPS) is 14.8. The minimum Gasteiger partial charge on any atom is -0.310 e. The van der Waals surface area contributed by atoms with Gasteiger partial charge in [-0.2, -0.15) is 0 Å². The van der Waals surface area contributed by atoms with Crippen molar-refractivity contribution in [3.63, 3.8) is 0 Å². The number of hydrogen-bond donors (Lipinski definition) is 0. The quantitative estimate of drug-likeness (QED) is 0.0930. The highest BCUT2D eigenvalue weighted by Gasteiger charge is 2.43. The molecule has 9 aromatic carbocycles. The van der Waals surface area contributed by atoms with Gasteiger partial charge in [0, 0.05) is 49.8 Å². The molecule has 0 fully saturated rings. The lowest BCUT2D eigenvalue weighted by Gasteiger charge is -2.33. The first-order valence-electron chi connectivity index (χ1n) is 28.7. The van der Waals surface area contributed by atoms with Crippen molar-refractivity contribution in [1.82, 2.24) is 4.57 Å². The molecule has 0 spiro atoms. The predicted molar refractivity (Wildman–Crippen MR) is 324 cm³/mol. The molecule has 2 heteroatoms. The Morgan fingerprint density at radius 2 is 0.842 bits per heavy atom. The van der Waals surface area contributed by atoms with Gasteiger partial charge in [-0.05, 0) is 164 Å². The van der Waals surface area contributed by atoms with E-state index in [9.17, 15) is 0 Å². The van der Waals surface area contributed by atoms with Crippen LogP contribution < -0.4 is 4.90 Å². The van der Waals surface area contributed by atoms with Crippen molar-refractivity contribution in [1.29, 1.82) is 0 Å². The van der Waals surface area contributed by atoms with Crippen molar-refractivity contribution in [3.05, 3.63) is 227 Å². The van der Waals surface area contributed by atoms with Crippen LogP contribution in [0.5, 0.6) is 0 Å². The lowest BCUT2D eigenvalue weighted by molar-refractivity contribution is 0.401. The Bertz CT molecular complexity index is 3770. The zero-order valence-corrected chi connectivity index (χ0v) is 45.9. The molecule has 378 valence electrons. The second-order valence-electron chi connectivity index (χ2n) is 23.7. The molecule has 0 aliphatic heterocycles. The van der Waals surface area contributed by atoms with Crippen molar-refractivity contribution < 1.29 is 0 Å². The Labute approximate surface area is 452 Å². The minimum absolute atomic E-state index is 0.0159. The molecular formula is C74H72N2. The van der Waals surface area contributed by atoms with Gasteiger partial charge in [0.1, 0.15) is 0 Å². The second-order valence-corrected chi connectivity index (χ2v) is 23.7. The van der Waals surface area contributed by atoms with Crippen molar-refractivity contribution in [2.45, 2.75) is 129 Å². The first kappa shape index (κ1) is 48.2. The van der Waals surface area contributed by atoms with Crippen LogP contribution in [0, 0.1) is 6.92 Å². The van der Waals surface area contributed by atoms with Crippen molar-refractivity contribution in [2.24, 2.45) is 0 Å². The van der Waals surface area contributed by atoms with Crippen LogP contribution in [0.15, 0.2) is 188 Å². The van der Waals surface area contributed by atoms with Crippen LogP contribution >= 0.6 is 0 Å². The number of fused-ring (bicyclic) bond motifs is 12. The molecule has 0 radical (unpaired) electrons. The molecule has 0 bridgehead atoms. The molecule has 2 nitrogen and oxygen atoms in total. The fourth-order valence-electron chi connectivity index (χ4n) is 14.6. The summed E-state index contributed by atoms with van der Waals surface area (Å²) in [7, 11) is 0. The molecule has 3 aliphatic rings. The highest BCUT2D eigenvalue weighted by atomic mass is 15.1. The number of nitrogens with zero attached hydrogens (tertiary/aromatic N) is 2.